The quantitative estimate of drug-likeness (QED) is 0.665. The molecule has 0 radical (unpaired) electrons. The first-order chi connectivity index (χ1) is 13.7. The molecule has 0 unspecified atom stereocenters. The van der Waals surface area contributed by atoms with E-state index in [2.05, 4.69) is 22.1 Å². The fraction of sp³-hybridized carbons (Fsp3) is 0.364. The number of aromatic nitrogens is 1. The number of hydrogen-bond acceptors (Lipinski definition) is 5. The van der Waals surface area contributed by atoms with Gasteiger partial charge in [0.15, 0.2) is 11.7 Å². The number of hydrogen-bond donors (Lipinski definition) is 1. The average Bonchev–Trinajstić information content (AvgIpc) is 3.15. The van der Waals surface area contributed by atoms with E-state index in [0.717, 1.165) is 42.0 Å². The Bertz CT molecular complexity index is 942. The van der Waals surface area contributed by atoms with Crippen LogP contribution < -0.4 is 10.1 Å². The summed E-state index contributed by atoms with van der Waals surface area (Å²) in [4.78, 5) is 19.3. The highest BCUT2D eigenvalue weighted by Crippen LogP contribution is 2.25. The van der Waals surface area contributed by atoms with Gasteiger partial charge in [0.1, 0.15) is 5.75 Å². The number of benzene rings is 2. The highest BCUT2D eigenvalue weighted by Gasteiger charge is 2.17. The van der Waals surface area contributed by atoms with Gasteiger partial charge in [0.05, 0.1) is 5.69 Å². The van der Waals surface area contributed by atoms with Gasteiger partial charge >= 0.3 is 0 Å². The molecule has 5 nitrogen and oxygen atoms in total. The Balaban J connectivity index is 1.30. The SMILES string of the molecule is CC1CCN(Cc2csc(NC(=O)COc3cccc4ccccc34)n2)CC1. The molecule has 1 aromatic heterocycles. The van der Waals surface area contributed by atoms with E-state index in [-0.39, 0.29) is 12.5 Å². The summed E-state index contributed by atoms with van der Waals surface area (Å²) in [5.41, 5.74) is 1.02. The average molecular weight is 396 g/mol. The van der Waals surface area contributed by atoms with Crippen molar-refractivity contribution in [1.29, 1.82) is 0 Å². The lowest BCUT2D eigenvalue weighted by atomic mass is 9.99. The molecule has 1 aliphatic rings. The third-order valence-corrected chi connectivity index (χ3v) is 5.97. The van der Waals surface area contributed by atoms with Crippen LogP contribution in [-0.2, 0) is 11.3 Å². The standard InChI is InChI=1S/C22H25N3O2S/c1-16-9-11-25(12-10-16)13-18-15-28-22(23-18)24-21(26)14-27-20-8-4-6-17-5-2-3-7-19(17)20/h2-8,15-16H,9-14H2,1H3,(H,23,24,26). The number of nitrogens with one attached hydrogen (secondary N) is 1. The molecule has 6 heteroatoms. The topological polar surface area (TPSA) is 54.5 Å². The van der Waals surface area contributed by atoms with E-state index in [0.29, 0.717) is 10.9 Å². The maximum atomic E-state index is 12.3. The number of likely N-dealkylation sites (tertiary alicyclic amines) is 1. The van der Waals surface area contributed by atoms with Crippen LogP contribution in [0.5, 0.6) is 5.75 Å². The largest absolute Gasteiger partial charge is 0.483 e. The first-order valence-corrected chi connectivity index (χ1v) is 10.6. The third-order valence-electron chi connectivity index (χ3n) is 5.17. The van der Waals surface area contributed by atoms with Crippen LogP contribution in [0.25, 0.3) is 10.8 Å². The van der Waals surface area contributed by atoms with E-state index >= 15 is 0 Å². The van der Waals surface area contributed by atoms with Gasteiger partial charge in [-0.1, -0.05) is 43.3 Å². The predicted molar refractivity (Wildman–Crippen MR) is 114 cm³/mol. The molecule has 0 saturated carbocycles. The maximum Gasteiger partial charge on any atom is 0.264 e. The fourth-order valence-electron chi connectivity index (χ4n) is 3.51. The number of nitrogens with zero attached hydrogens (tertiary/aromatic N) is 2. The van der Waals surface area contributed by atoms with Crippen molar-refractivity contribution in [3.8, 4) is 5.75 Å². The van der Waals surface area contributed by atoms with Crippen molar-refractivity contribution in [3.05, 3.63) is 53.5 Å². The molecule has 2 aromatic carbocycles. The van der Waals surface area contributed by atoms with E-state index in [4.69, 9.17) is 4.74 Å². The van der Waals surface area contributed by atoms with Crippen molar-refractivity contribution < 1.29 is 9.53 Å². The molecular formula is C22H25N3O2S. The van der Waals surface area contributed by atoms with Crippen LogP contribution in [0.1, 0.15) is 25.5 Å². The van der Waals surface area contributed by atoms with Gasteiger partial charge in [0.25, 0.3) is 5.91 Å². The maximum absolute atomic E-state index is 12.3. The molecule has 1 saturated heterocycles. The molecule has 2 heterocycles. The summed E-state index contributed by atoms with van der Waals surface area (Å²) >= 11 is 1.47. The van der Waals surface area contributed by atoms with E-state index in [1.165, 1.54) is 24.2 Å². The summed E-state index contributed by atoms with van der Waals surface area (Å²) in [5, 5.41) is 7.61. The van der Waals surface area contributed by atoms with Crippen molar-refractivity contribution in [2.75, 3.05) is 25.0 Å². The van der Waals surface area contributed by atoms with Crippen LogP contribution in [0.3, 0.4) is 0 Å². The number of rotatable bonds is 6. The molecule has 146 valence electrons. The first-order valence-electron chi connectivity index (χ1n) is 9.74. The Kier molecular flexibility index (Phi) is 5.88. The lowest BCUT2D eigenvalue weighted by Gasteiger charge is -2.29. The summed E-state index contributed by atoms with van der Waals surface area (Å²) in [5.74, 6) is 1.34. The normalized spacial score (nSPS) is 15.6. The monoisotopic (exact) mass is 395 g/mol. The second-order valence-corrected chi connectivity index (χ2v) is 8.27. The smallest absolute Gasteiger partial charge is 0.264 e. The zero-order valence-electron chi connectivity index (χ0n) is 16.1. The highest BCUT2D eigenvalue weighted by atomic mass is 32.1. The molecule has 1 aliphatic heterocycles. The Hall–Kier alpha value is -2.44. The minimum atomic E-state index is -0.194. The Morgan fingerprint density at radius 2 is 2.00 bits per heavy atom. The predicted octanol–water partition coefficient (Wildman–Crippen LogP) is 4.55. The van der Waals surface area contributed by atoms with E-state index in [9.17, 15) is 4.79 Å². The lowest BCUT2D eigenvalue weighted by Crippen LogP contribution is -2.32. The third kappa shape index (κ3) is 4.69. The lowest BCUT2D eigenvalue weighted by molar-refractivity contribution is -0.118. The van der Waals surface area contributed by atoms with Crippen LogP contribution in [0.15, 0.2) is 47.8 Å². The van der Waals surface area contributed by atoms with Gasteiger partial charge in [-0.25, -0.2) is 4.98 Å². The number of fused-ring (bicyclic) bond motifs is 1. The van der Waals surface area contributed by atoms with E-state index in [1.807, 2.05) is 47.8 Å². The number of thiazole rings is 1. The number of piperidine rings is 1. The van der Waals surface area contributed by atoms with Crippen molar-refractivity contribution in [1.82, 2.24) is 9.88 Å². The van der Waals surface area contributed by atoms with E-state index in [1.54, 1.807) is 0 Å². The van der Waals surface area contributed by atoms with Crippen LogP contribution >= 0.6 is 11.3 Å². The summed E-state index contributed by atoms with van der Waals surface area (Å²) in [6, 6.07) is 13.8. The zero-order chi connectivity index (χ0) is 19.3. The Morgan fingerprint density at radius 3 is 2.86 bits per heavy atom. The fourth-order valence-corrected chi connectivity index (χ4v) is 4.22. The minimum absolute atomic E-state index is 0.0348. The van der Waals surface area contributed by atoms with E-state index < -0.39 is 0 Å². The molecular weight excluding hydrogens is 370 g/mol. The van der Waals surface area contributed by atoms with Gasteiger partial charge in [-0.3, -0.25) is 15.0 Å². The number of carbonyl (C=O) groups excluding carboxylic acids is 1. The van der Waals surface area contributed by atoms with Crippen molar-refractivity contribution in [2.45, 2.75) is 26.3 Å². The van der Waals surface area contributed by atoms with Crippen LogP contribution in [0, 0.1) is 5.92 Å². The summed E-state index contributed by atoms with van der Waals surface area (Å²) in [7, 11) is 0. The van der Waals surface area contributed by atoms with Crippen molar-refractivity contribution in [2.24, 2.45) is 5.92 Å². The summed E-state index contributed by atoms with van der Waals surface area (Å²) in [6.07, 6.45) is 2.50. The molecule has 1 fully saturated rings. The molecule has 3 aromatic rings. The molecule has 1 N–H and O–H groups in total. The van der Waals surface area contributed by atoms with Crippen molar-refractivity contribution >= 4 is 33.1 Å². The minimum Gasteiger partial charge on any atom is -0.483 e. The number of amides is 1. The second kappa shape index (κ2) is 8.71. The Morgan fingerprint density at radius 1 is 1.21 bits per heavy atom. The Labute approximate surface area is 169 Å². The molecule has 1 amide bonds. The van der Waals surface area contributed by atoms with Gasteiger partial charge in [-0.2, -0.15) is 0 Å². The number of anilines is 1. The van der Waals surface area contributed by atoms with Gasteiger partial charge < -0.3 is 4.74 Å². The number of ether oxygens (including phenoxy) is 1. The van der Waals surface area contributed by atoms with Crippen LogP contribution in [-0.4, -0.2) is 35.5 Å². The molecule has 0 spiro atoms. The van der Waals surface area contributed by atoms with Gasteiger partial charge in [-0.05, 0) is 43.3 Å². The molecule has 0 aliphatic carbocycles. The second-order valence-electron chi connectivity index (χ2n) is 7.42. The number of carbonyl (C=O) groups is 1. The van der Waals surface area contributed by atoms with Crippen molar-refractivity contribution in [3.63, 3.8) is 0 Å². The summed E-state index contributed by atoms with van der Waals surface area (Å²) in [6.45, 7) is 5.38. The van der Waals surface area contributed by atoms with Gasteiger partial charge in [0.2, 0.25) is 0 Å². The van der Waals surface area contributed by atoms with Gasteiger partial charge in [0, 0.05) is 17.3 Å². The summed E-state index contributed by atoms with van der Waals surface area (Å²) < 4.78 is 5.75. The van der Waals surface area contributed by atoms with Crippen LogP contribution in [0.2, 0.25) is 0 Å². The molecule has 28 heavy (non-hydrogen) atoms. The molecule has 0 atom stereocenters. The first kappa shape index (κ1) is 18.9. The zero-order valence-corrected chi connectivity index (χ0v) is 16.9. The van der Waals surface area contributed by atoms with Crippen LogP contribution in [0.4, 0.5) is 5.13 Å². The molecule has 4 rings (SSSR count). The van der Waals surface area contributed by atoms with Gasteiger partial charge in [-0.15, -0.1) is 11.3 Å². The molecule has 0 bridgehead atoms. The highest BCUT2D eigenvalue weighted by molar-refractivity contribution is 7.13.